The van der Waals surface area contributed by atoms with Crippen LogP contribution in [0.3, 0.4) is 0 Å². The third-order valence-corrected chi connectivity index (χ3v) is 4.90. The quantitative estimate of drug-likeness (QED) is 0.724. The number of benzene rings is 1. The van der Waals surface area contributed by atoms with Crippen molar-refractivity contribution in [3.8, 4) is 5.69 Å². The monoisotopic (exact) mass is 366 g/mol. The number of imidazole rings is 1. The van der Waals surface area contributed by atoms with Crippen molar-refractivity contribution in [1.82, 2.24) is 29.5 Å². The molecule has 140 valence electrons. The first-order valence-electron chi connectivity index (χ1n) is 8.92. The van der Waals surface area contributed by atoms with Crippen LogP contribution in [0.25, 0.3) is 5.69 Å². The third-order valence-electron chi connectivity index (χ3n) is 4.90. The summed E-state index contributed by atoms with van der Waals surface area (Å²) in [6, 6.07) is 8.73. The minimum absolute atomic E-state index is 0.183. The number of aryl methyl sites for hydroxylation is 2. The van der Waals surface area contributed by atoms with Crippen LogP contribution in [0.5, 0.6) is 0 Å². The lowest BCUT2D eigenvalue weighted by Crippen LogP contribution is -2.49. The molecule has 1 aromatic carbocycles. The zero-order valence-corrected chi connectivity index (χ0v) is 15.3. The van der Waals surface area contributed by atoms with Crippen molar-refractivity contribution >= 4 is 5.91 Å². The van der Waals surface area contributed by atoms with E-state index in [1.807, 2.05) is 49.0 Å². The summed E-state index contributed by atoms with van der Waals surface area (Å²) in [7, 11) is 1.91. The van der Waals surface area contributed by atoms with E-state index in [9.17, 15) is 9.59 Å². The number of aromatic amines is 1. The smallest absolute Gasteiger partial charge is 0.272 e. The van der Waals surface area contributed by atoms with Gasteiger partial charge in [0.15, 0.2) is 0 Å². The maximum absolute atomic E-state index is 13.1. The van der Waals surface area contributed by atoms with Gasteiger partial charge >= 0.3 is 0 Å². The SMILES string of the molecule is Cc1ccc(-n2[nH]c(C(=O)N3CCNCC3c3nccn3C)cc2=O)cc1. The molecule has 2 N–H and O–H groups in total. The van der Waals surface area contributed by atoms with E-state index in [1.165, 1.54) is 10.7 Å². The van der Waals surface area contributed by atoms with Gasteiger partial charge in [0.1, 0.15) is 17.6 Å². The van der Waals surface area contributed by atoms with Crippen LogP contribution in [-0.4, -0.2) is 49.8 Å². The van der Waals surface area contributed by atoms with Crippen molar-refractivity contribution in [2.75, 3.05) is 19.6 Å². The number of nitrogens with one attached hydrogen (secondary N) is 2. The van der Waals surface area contributed by atoms with Crippen LogP contribution in [0.4, 0.5) is 0 Å². The van der Waals surface area contributed by atoms with Crippen molar-refractivity contribution in [2.45, 2.75) is 13.0 Å². The fourth-order valence-electron chi connectivity index (χ4n) is 3.42. The minimum Gasteiger partial charge on any atom is -0.336 e. The van der Waals surface area contributed by atoms with Gasteiger partial charge in [0.05, 0.1) is 5.69 Å². The van der Waals surface area contributed by atoms with E-state index < -0.39 is 0 Å². The molecule has 0 bridgehead atoms. The summed E-state index contributed by atoms with van der Waals surface area (Å²) < 4.78 is 3.31. The molecule has 1 aliphatic heterocycles. The van der Waals surface area contributed by atoms with Crippen molar-refractivity contribution < 1.29 is 4.79 Å². The molecule has 1 unspecified atom stereocenters. The molecule has 1 aliphatic rings. The van der Waals surface area contributed by atoms with E-state index in [4.69, 9.17) is 0 Å². The van der Waals surface area contributed by atoms with Crippen molar-refractivity contribution in [3.63, 3.8) is 0 Å². The zero-order valence-electron chi connectivity index (χ0n) is 15.3. The predicted molar refractivity (Wildman–Crippen MR) is 101 cm³/mol. The first kappa shape index (κ1) is 17.3. The van der Waals surface area contributed by atoms with Crippen molar-refractivity contribution in [3.05, 3.63) is 70.2 Å². The lowest BCUT2D eigenvalue weighted by Gasteiger charge is -2.35. The van der Waals surface area contributed by atoms with E-state index in [-0.39, 0.29) is 23.2 Å². The zero-order chi connectivity index (χ0) is 19.0. The van der Waals surface area contributed by atoms with E-state index in [1.54, 1.807) is 11.1 Å². The van der Waals surface area contributed by atoms with Gasteiger partial charge in [-0.2, -0.15) is 0 Å². The Morgan fingerprint density at radius 1 is 1.26 bits per heavy atom. The number of hydrogen-bond acceptors (Lipinski definition) is 4. The normalized spacial score (nSPS) is 17.3. The molecular weight excluding hydrogens is 344 g/mol. The molecule has 0 aliphatic carbocycles. The number of carbonyl (C=O) groups excluding carboxylic acids is 1. The topological polar surface area (TPSA) is 87.9 Å². The second-order valence-corrected chi connectivity index (χ2v) is 6.79. The van der Waals surface area contributed by atoms with Crippen LogP contribution in [-0.2, 0) is 7.05 Å². The Hall–Kier alpha value is -3.13. The number of nitrogens with zero attached hydrogens (tertiary/aromatic N) is 4. The molecule has 27 heavy (non-hydrogen) atoms. The van der Waals surface area contributed by atoms with Crippen LogP contribution in [0.15, 0.2) is 47.5 Å². The molecule has 1 saturated heterocycles. The first-order valence-corrected chi connectivity index (χ1v) is 8.92. The summed E-state index contributed by atoms with van der Waals surface area (Å²) in [6.07, 6.45) is 3.59. The van der Waals surface area contributed by atoms with E-state index in [2.05, 4.69) is 15.4 Å². The lowest BCUT2D eigenvalue weighted by molar-refractivity contribution is 0.0614. The van der Waals surface area contributed by atoms with Crippen molar-refractivity contribution in [2.24, 2.45) is 7.05 Å². The van der Waals surface area contributed by atoms with Crippen LogP contribution < -0.4 is 10.9 Å². The highest BCUT2D eigenvalue weighted by Crippen LogP contribution is 2.22. The van der Waals surface area contributed by atoms with Crippen molar-refractivity contribution in [1.29, 1.82) is 0 Å². The molecule has 0 spiro atoms. The van der Waals surface area contributed by atoms with E-state index in [0.29, 0.717) is 25.3 Å². The fourth-order valence-corrected chi connectivity index (χ4v) is 3.42. The average molecular weight is 366 g/mol. The van der Waals surface area contributed by atoms with E-state index >= 15 is 0 Å². The molecule has 1 fully saturated rings. The average Bonchev–Trinajstić information content (AvgIpc) is 3.27. The highest BCUT2D eigenvalue weighted by atomic mass is 16.2. The van der Waals surface area contributed by atoms with Gasteiger partial charge in [0, 0.05) is 45.1 Å². The molecule has 3 heterocycles. The van der Waals surface area contributed by atoms with Gasteiger partial charge in [-0.3, -0.25) is 14.7 Å². The number of hydrogen-bond donors (Lipinski definition) is 2. The second kappa shape index (κ2) is 6.88. The number of H-pyrrole nitrogens is 1. The molecule has 0 radical (unpaired) electrons. The number of rotatable bonds is 3. The van der Waals surface area contributed by atoms with Crippen LogP contribution in [0.1, 0.15) is 27.9 Å². The first-order chi connectivity index (χ1) is 13.0. The highest BCUT2D eigenvalue weighted by molar-refractivity contribution is 5.92. The molecule has 0 saturated carbocycles. The molecular formula is C19H22N6O2. The molecule has 1 atom stereocenters. The Morgan fingerprint density at radius 2 is 2.04 bits per heavy atom. The number of aromatic nitrogens is 4. The third kappa shape index (κ3) is 3.19. The molecule has 1 amide bonds. The summed E-state index contributed by atoms with van der Waals surface area (Å²) in [5.74, 6) is 0.614. The molecule has 3 aromatic rings. The lowest BCUT2D eigenvalue weighted by atomic mass is 10.1. The Morgan fingerprint density at radius 3 is 2.74 bits per heavy atom. The minimum atomic E-state index is -0.258. The van der Waals surface area contributed by atoms with Gasteiger partial charge in [-0.1, -0.05) is 17.7 Å². The Kier molecular flexibility index (Phi) is 4.41. The number of amides is 1. The summed E-state index contributed by atoms with van der Waals surface area (Å²) in [4.78, 5) is 31.7. The maximum Gasteiger partial charge on any atom is 0.272 e. The fraction of sp³-hybridized carbons (Fsp3) is 0.316. The molecule has 2 aromatic heterocycles. The molecule has 8 nitrogen and oxygen atoms in total. The summed E-state index contributed by atoms with van der Waals surface area (Å²) in [5.41, 5.74) is 1.83. The second-order valence-electron chi connectivity index (χ2n) is 6.79. The van der Waals surface area contributed by atoms with Gasteiger partial charge in [0.2, 0.25) is 0 Å². The highest BCUT2D eigenvalue weighted by Gasteiger charge is 2.32. The largest absolute Gasteiger partial charge is 0.336 e. The molecule has 8 heteroatoms. The standard InChI is InChI=1S/C19H22N6O2/c1-13-3-5-14(6-4-13)25-17(26)11-15(22-25)19(27)24-10-7-20-12-16(24)18-21-8-9-23(18)2/h3-6,8-9,11,16,20,22H,7,10,12H2,1-2H3. The van der Waals surface area contributed by atoms with Gasteiger partial charge < -0.3 is 14.8 Å². The predicted octanol–water partition coefficient (Wildman–Crippen LogP) is 0.994. The van der Waals surface area contributed by atoms with E-state index in [0.717, 1.165) is 11.4 Å². The summed E-state index contributed by atoms with van der Waals surface area (Å²) in [5, 5.41) is 6.27. The van der Waals surface area contributed by atoms with Gasteiger partial charge in [0.25, 0.3) is 11.5 Å². The van der Waals surface area contributed by atoms with Crippen LogP contribution >= 0.6 is 0 Å². The summed E-state index contributed by atoms with van der Waals surface area (Å²) in [6.45, 7) is 3.86. The number of carbonyl (C=O) groups is 1. The van der Waals surface area contributed by atoms with Crippen LogP contribution in [0, 0.1) is 6.92 Å². The maximum atomic E-state index is 13.1. The Balaban J connectivity index is 1.66. The van der Waals surface area contributed by atoms with Gasteiger partial charge in [-0.15, -0.1) is 0 Å². The number of piperazine rings is 1. The Bertz CT molecular complexity index is 1010. The Labute approximate surface area is 156 Å². The van der Waals surface area contributed by atoms with Crippen LogP contribution in [0.2, 0.25) is 0 Å². The summed E-state index contributed by atoms with van der Waals surface area (Å²) >= 11 is 0. The van der Waals surface area contributed by atoms with Gasteiger partial charge in [-0.05, 0) is 19.1 Å². The van der Waals surface area contributed by atoms with Gasteiger partial charge in [-0.25, -0.2) is 9.67 Å². The molecule has 4 rings (SSSR count).